The van der Waals surface area contributed by atoms with Crippen LogP contribution in [0.3, 0.4) is 0 Å². The van der Waals surface area contributed by atoms with Crippen LogP contribution in [0.25, 0.3) is 0 Å². The van der Waals surface area contributed by atoms with Crippen LogP contribution in [0.2, 0.25) is 0 Å². The van der Waals surface area contributed by atoms with Gasteiger partial charge in [-0.2, -0.15) is 0 Å². The lowest BCUT2D eigenvalue weighted by molar-refractivity contribution is 0.116. The fraction of sp³-hybridized carbons (Fsp3) is 0.469. The van der Waals surface area contributed by atoms with E-state index in [0.29, 0.717) is 6.61 Å². The van der Waals surface area contributed by atoms with E-state index in [1.165, 1.54) is 49.7 Å². The summed E-state index contributed by atoms with van der Waals surface area (Å²) in [5, 5.41) is 0. The van der Waals surface area contributed by atoms with Crippen LogP contribution >= 0.6 is 0 Å². The monoisotopic (exact) mass is 488 g/mol. The topological polar surface area (TPSA) is 34.6 Å². The minimum absolute atomic E-state index is 0.578. The lowest BCUT2D eigenvalue weighted by Crippen LogP contribution is -2.13. The summed E-state index contributed by atoms with van der Waals surface area (Å²) >= 11 is 0. The number of hydrogen-bond donors (Lipinski definition) is 0. The largest absolute Gasteiger partial charge is 0.487 e. The second-order valence-electron chi connectivity index (χ2n) is 9.86. The summed E-state index contributed by atoms with van der Waals surface area (Å²) in [6, 6.07) is 22.9. The Balaban J connectivity index is 1.31. The Morgan fingerprint density at radius 1 is 0.694 bits per heavy atom. The van der Waals surface area contributed by atoms with E-state index in [9.17, 15) is 0 Å². The number of ether oxygens (including phenoxy) is 2. The summed E-state index contributed by atoms with van der Waals surface area (Å²) in [6.45, 7) is 4.30. The van der Waals surface area contributed by atoms with E-state index in [-0.39, 0.29) is 0 Å². The number of hydrogen-bond acceptors (Lipinski definition) is 4. The van der Waals surface area contributed by atoms with Gasteiger partial charge < -0.3 is 14.4 Å². The maximum absolute atomic E-state index is 6.27. The van der Waals surface area contributed by atoms with Crippen molar-refractivity contribution in [2.24, 2.45) is 0 Å². The van der Waals surface area contributed by atoms with E-state index in [2.05, 4.69) is 66.4 Å². The van der Waals surface area contributed by atoms with Crippen LogP contribution in [0.1, 0.15) is 73.8 Å². The first-order chi connectivity index (χ1) is 17.6. The average Bonchev–Trinajstić information content (AvgIpc) is 2.89. The van der Waals surface area contributed by atoms with Crippen molar-refractivity contribution in [1.29, 1.82) is 0 Å². The summed E-state index contributed by atoms with van der Waals surface area (Å²) < 4.78 is 12.1. The van der Waals surface area contributed by atoms with Gasteiger partial charge in [-0.3, -0.25) is 0 Å². The molecule has 0 unspecified atom stereocenters. The molecule has 2 aromatic carbocycles. The van der Waals surface area contributed by atoms with Crippen LogP contribution in [0.15, 0.2) is 66.7 Å². The van der Waals surface area contributed by atoms with Crippen LogP contribution < -0.4 is 9.64 Å². The normalized spacial score (nSPS) is 11.0. The molecule has 3 rings (SSSR count). The molecule has 0 saturated carbocycles. The van der Waals surface area contributed by atoms with Crippen LogP contribution in [-0.4, -0.2) is 25.7 Å². The van der Waals surface area contributed by atoms with E-state index in [1.807, 2.05) is 26.2 Å². The Bertz CT molecular complexity index is 990. The number of aromatic nitrogens is 1. The molecule has 0 aliphatic rings. The third-order valence-corrected chi connectivity index (χ3v) is 6.46. The van der Waals surface area contributed by atoms with Crippen LogP contribution in [0.4, 0.5) is 5.82 Å². The molecule has 0 fully saturated rings. The molecule has 0 aliphatic heterocycles. The highest BCUT2D eigenvalue weighted by Gasteiger charge is 2.13. The van der Waals surface area contributed by atoms with E-state index in [4.69, 9.17) is 14.5 Å². The zero-order chi connectivity index (χ0) is 25.4. The summed E-state index contributed by atoms with van der Waals surface area (Å²) in [7, 11) is 4.09. The molecule has 4 nitrogen and oxygen atoms in total. The minimum Gasteiger partial charge on any atom is -0.487 e. The number of unbranched alkanes of at least 4 members (excludes halogenated alkanes) is 7. The first kappa shape index (κ1) is 27.7. The van der Waals surface area contributed by atoms with E-state index in [1.54, 1.807) is 0 Å². The minimum atomic E-state index is 0.578. The summed E-state index contributed by atoms with van der Waals surface area (Å²) in [6.07, 6.45) is 11.0. The SMILES string of the molecule is Cc1cc(N(C)C)nc(CCCCCCCCCCOCc2ccccc2)c1OCc1ccccc1. The fourth-order valence-corrected chi connectivity index (χ4v) is 4.36. The predicted octanol–water partition coefficient (Wildman–Crippen LogP) is 7.92. The van der Waals surface area contributed by atoms with Gasteiger partial charge in [0.1, 0.15) is 18.2 Å². The van der Waals surface area contributed by atoms with Crippen molar-refractivity contribution >= 4 is 5.82 Å². The Morgan fingerprint density at radius 3 is 1.86 bits per heavy atom. The smallest absolute Gasteiger partial charge is 0.144 e. The molecule has 3 aromatic rings. The van der Waals surface area contributed by atoms with Crippen molar-refractivity contribution in [3.8, 4) is 5.75 Å². The first-order valence-electron chi connectivity index (χ1n) is 13.6. The van der Waals surface area contributed by atoms with Crippen molar-refractivity contribution in [3.05, 3.63) is 89.1 Å². The van der Waals surface area contributed by atoms with Crippen LogP contribution in [0.5, 0.6) is 5.75 Å². The Kier molecular flexibility index (Phi) is 12.3. The highest BCUT2D eigenvalue weighted by molar-refractivity contribution is 5.48. The lowest BCUT2D eigenvalue weighted by atomic mass is 10.0. The summed E-state index contributed by atoms with van der Waals surface area (Å²) in [5.41, 5.74) is 4.69. The Hall–Kier alpha value is -2.85. The lowest BCUT2D eigenvalue weighted by Gasteiger charge is -2.18. The van der Waals surface area contributed by atoms with Gasteiger partial charge in [0.25, 0.3) is 0 Å². The van der Waals surface area contributed by atoms with Crippen molar-refractivity contribution in [3.63, 3.8) is 0 Å². The number of anilines is 1. The zero-order valence-corrected chi connectivity index (χ0v) is 22.5. The fourth-order valence-electron chi connectivity index (χ4n) is 4.36. The van der Waals surface area contributed by atoms with Crippen LogP contribution in [-0.2, 0) is 24.4 Å². The maximum atomic E-state index is 6.27. The highest BCUT2D eigenvalue weighted by Crippen LogP contribution is 2.28. The molecule has 4 heteroatoms. The molecule has 0 amide bonds. The van der Waals surface area contributed by atoms with E-state index in [0.717, 1.165) is 55.3 Å². The van der Waals surface area contributed by atoms with Gasteiger partial charge in [-0.1, -0.05) is 99.2 Å². The maximum Gasteiger partial charge on any atom is 0.144 e. The van der Waals surface area contributed by atoms with Gasteiger partial charge in [0.2, 0.25) is 0 Å². The molecule has 1 aromatic heterocycles. The first-order valence-corrected chi connectivity index (χ1v) is 13.6. The number of pyridine rings is 1. The van der Waals surface area contributed by atoms with Gasteiger partial charge in [-0.25, -0.2) is 4.98 Å². The van der Waals surface area contributed by atoms with Gasteiger partial charge in [-0.05, 0) is 48.9 Å². The van der Waals surface area contributed by atoms with Gasteiger partial charge >= 0.3 is 0 Å². The molecule has 194 valence electrons. The molecular weight excluding hydrogens is 444 g/mol. The van der Waals surface area contributed by atoms with Gasteiger partial charge in [0, 0.05) is 20.7 Å². The molecule has 0 atom stereocenters. The highest BCUT2D eigenvalue weighted by atomic mass is 16.5. The number of aryl methyl sites for hydroxylation is 2. The van der Waals surface area contributed by atoms with Gasteiger partial charge in [0.05, 0.1) is 12.3 Å². The summed E-state index contributed by atoms with van der Waals surface area (Å²) in [5.74, 6) is 1.96. The quantitative estimate of drug-likeness (QED) is 0.181. The molecule has 0 N–H and O–H groups in total. The van der Waals surface area contributed by atoms with Gasteiger partial charge in [-0.15, -0.1) is 0 Å². The predicted molar refractivity (Wildman–Crippen MR) is 151 cm³/mol. The molecule has 0 spiro atoms. The molecule has 0 bridgehead atoms. The van der Waals surface area contributed by atoms with Crippen LogP contribution in [0, 0.1) is 6.92 Å². The zero-order valence-electron chi connectivity index (χ0n) is 22.5. The molecule has 0 radical (unpaired) electrons. The van der Waals surface area contributed by atoms with Gasteiger partial charge in [0.15, 0.2) is 0 Å². The van der Waals surface area contributed by atoms with Crippen molar-refractivity contribution in [2.45, 2.75) is 77.9 Å². The average molecular weight is 489 g/mol. The summed E-state index contributed by atoms with van der Waals surface area (Å²) in [4.78, 5) is 7.01. The molecule has 36 heavy (non-hydrogen) atoms. The number of benzene rings is 2. The van der Waals surface area contributed by atoms with E-state index < -0.39 is 0 Å². The Labute approximate surface area is 218 Å². The molecule has 0 saturated heterocycles. The van der Waals surface area contributed by atoms with Crippen molar-refractivity contribution in [1.82, 2.24) is 4.98 Å². The number of nitrogens with zero attached hydrogens (tertiary/aromatic N) is 2. The molecule has 1 heterocycles. The van der Waals surface area contributed by atoms with E-state index >= 15 is 0 Å². The Morgan fingerprint density at radius 2 is 1.25 bits per heavy atom. The standard InChI is InChI=1S/C32H44N2O2/c1-27-24-31(34(2)3)33-30(32(27)36-26-29-20-14-11-15-21-29)22-16-8-6-4-5-7-9-17-23-35-25-28-18-12-10-13-19-28/h10-15,18-21,24H,4-9,16-17,22-23,25-26H2,1-3H3. The second-order valence-corrected chi connectivity index (χ2v) is 9.86. The van der Waals surface area contributed by atoms with Crippen molar-refractivity contribution < 1.29 is 9.47 Å². The third-order valence-electron chi connectivity index (χ3n) is 6.46. The molecular formula is C32H44N2O2. The second kappa shape index (κ2) is 16.0. The van der Waals surface area contributed by atoms with Crippen molar-refractivity contribution in [2.75, 3.05) is 25.6 Å². The third kappa shape index (κ3) is 10.0. The number of rotatable bonds is 17. The molecule has 0 aliphatic carbocycles.